The first-order chi connectivity index (χ1) is 27.4. The van der Waals surface area contributed by atoms with E-state index in [2.05, 4.69) is 140 Å². The lowest BCUT2D eigenvalue weighted by molar-refractivity contribution is 0.346. The molecule has 1 heterocycles. The van der Waals surface area contributed by atoms with E-state index >= 15 is 0 Å². The summed E-state index contributed by atoms with van der Waals surface area (Å²) in [6.45, 7) is 3.71. The first kappa shape index (κ1) is 35.7. The average Bonchev–Trinajstić information content (AvgIpc) is 3.26. The highest BCUT2D eigenvalue weighted by Crippen LogP contribution is 2.46. The first-order valence-electron chi connectivity index (χ1n) is 19.6. The van der Waals surface area contributed by atoms with Crippen molar-refractivity contribution in [3.63, 3.8) is 0 Å². The molecular formula is C51H44N3OP. The van der Waals surface area contributed by atoms with Gasteiger partial charge in [0.25, 0.3) is 0 Å². The molecule has 0 N–H and O–H groups in total. The van der Waals surface area contributed by atoms with E-state index in [1.54, 1.807) is 0 Å². The zero-order valence-corrected chi connectivity index (χ0v) is 32.8. The minimum Gasteiger partial charge on any atom is -0.319 e. The van der Waals surface area contributed by atoms with Crippen LogP contribution in [0.5, 0.6) is 0 Å². The van der Waals surface area contributed by atoms with Crippen LogP contribution in [-0.4, -0.2) is 28.3 Å². The van der Waals surface area contributed by atoms with Crippen LogP contribution in [0.2, 0.25) is 0 Å². The number of benzene rings is 7. The van der Waals surface area contributed by atoms with Crippen LogP contribution < -0.4 is 5.30 Å². The molecule has 0 saturated heterocycles. The molecule has 0 bridgehead atoms. The van der Waals surface area contributed by atoms with Gasteiger partial charge in [-0.2, -0.15) is 0 Å². The van der Waals surface area contributed by atoms with Crippen molar-refractivity contribution >= 4 is 23.2 Å². The lowest BCUT2D eigenvalue weighted by Crippen LogP contribution is -2.30. The van der Waals surface area contributed by atoms with Gasteiger partial charge in [0.1, 0.15) is 7.14 Å². The summed E-state index contributed by atoms with van der Waals surface area (Å²) in [6, 6.07) is 59.9. The topological polar surface area (TPSA) is 55.7 Å². The second-order valence-corrected chi connectivity index (χ2v) is 18.6. The van der Waals surface area contributed by atoms with Gasteiger partial charge in [-0.05, 0) is 76.4 Å². The minimum absolute atomic E-state index is 0.0738. The molecule has 56 heavy (non-hydrogen) atoms. The molecular weight excluding hydrogens is 702 g/mol. The summed E-state index contributed by atoms with van der Waals surface area (Å²) in [4.78, 5) is 15.1. The molecule has 1 aliphatic rings. The summed E-state index contributed by atoms with van der Waals surface area (Å²) in [7, 11) is -2.43. The molecule has 7 aromatic carbocycles. The number of nitrogens with zero attached hydrogens (tertiary/aromatic N) is 3. The van der Waals surface area contributed by atoms with Gasteiger partial charge in [0.05, 0.1) is 0 Å². The second kappa shape index (κ2) is 14.9. The number of hydrogen-bond donors (Lipinski definition) is 0. The fourth-order valence-electron chi connectivity index (χ4n) is 8.63. The molecule has 9 rings (SSSR count). The van der Waals surface area contributed by atoms with E-state index in [-0.39, 0.29) is 5.41 Å². The summed E-state index contributed by atoms with van der Waals surface area (Å²) >= 11 is 0. The Balaban J connectivity index is 1.08. The third kappa shape index (κ3) is 6.91. The quantitative estimate of drug-likeness (QED) is 0.145. The van der Waals surface area contributed by atoms with Gasteiger partial charge in [-0.1, -0.05) is 183 Å². The van der Waals surface area contributed by atoms with Gasteiger partial charge in [0, 0.05) is 27.4 Å². The second-order valence-electron chi connectivity index (χ2n) is 15.4. The fourth-order valence-corrected chi connectivity index (χ4v) is 9.84. The highest BCUT2D eigenvalue weighted by Gasteiger charge is 2.36. The van der Waals surface area contributed by atoms with Crippen molar-refractivity contribution < 1.29 is 4.57 Å². The Bertz CT molecular complexity index is 2700. The van der Waals surface area contributed by atoms with E-state index in [1.807, 2.05) is 43.7 Å². The molecule has 0 aliphatic heterocycles. The molecule has 0 unspecified atom stereocenters. The van der Waals surface area contributed by atoms with Crippen LogP contribution in [0.3, 0.4) is 0 Å². The lowest BCUT2D eigenvalue weighted by atomic mass is 9.65. The van der Waals surface area contributed by atoms with Gasteiger partial charge in [0.2, 0.25) is 0 Å². The summed E-state index contributed by atoms with van der Waals surface area (Å²) in [5, 5.41) is 3.17. The molecule has 4 nitrogen and oxygen atoms in total. The molecule has 0 spiro atoms. The monoisotopic (exact) mass is 745 g/mol. The van der Waals surface area contributed by atoms with E-state index in [4.69, 9.17) is 15.0 Å². The Labute approximate surface area is 329 Å². The first-order valence-corrected chi connectivity index (χ1v) is 22.2. The van der Waals surface area contributed by atoms with E-state index in [1.165, 1.54) is 41.5 Å². The molecule has 1 aromatic heterocycles. The van der Waals surface area contributed by atoms with E-state index in [0.29, 0.717) is 17.5 Å². The van der Waals surface area contributed by atoms with Gasteiger partial charge in [-0.15, -0.1) is 0 Å². The summed E-state index contributed by atoms with van der Waals surface area (Å²) < 4.78 is 13.2. The third-order valence-electron chi connectivity index (χ3n) is 11.5. The van der Waals surface area contributed by atoms with E-state index in [0.717, 1.165) is 56.7 Å². The van der Waals surface area contributed by atoms with Crippen LogP contribution in [0.25, 0.3) is 67.2 Å². The van der Waals surface area contributed by atoms with Crippen molar-refractivity contribution in [2.75, 3.05) is 13.3 Å². The number of rotatable bonds is 8. The van der Waals surface area contributed by atoms with Crippen LogP contribution in [0.1, 0.15) is 43.2 Å². The van der Waals surface area contributed by atoms with Gasteiger partial charge < -0.3 is 4.57 Å². The van der Waals surface area contributed by atoms with Crippen molar-refractivity contribution in [3.8, 4) is 56.4 Å². The molecule has 1 saturated carbocycles. The molecule has 1 aliphatic carbocycles. The maximum Gasteiger partial charge on any atom is 0.164 e. The largest absolute Gasteiger partial charge is 0.319 e. The van der Waals surface area contributed by atoms with Crippen LogP contribution in [-0.2, 0) is 9.98 Å². The summed E-state index contributed by atoms with van der Waals surface area (Å²) in [5.74, 6) is 1.97. The number of fused-ring (bicyclic) bond motifs is 1. The molecule has 1 fully saturated rings. The highest BCUT2D eigenvalue weighted by molar-refractivity contribution is 7.70. The van der Waals surface area contributed by atoms with Crippen molar-refractivity contribution in [1.29, 1.82) is 0 Å². The van der Waals surface area contributed by atoms with E-state index < -0.39 is 7.14 Å². The predicted molar refractivity (Wildman–Crippen MR) is 234 cm³/mol. The third-order valence-corrected chi connectivity index (χ3v) is 13.1. The molecule has 0 atom stereocenters. The Morgan fingerprint density at radius 1 is 0.429 bits per heavy atom. The number of aromatic nitrogens is 3. The van der Waals surface area contributed by atoms with Crippen LogP contribution in [0.15, 0.2) is 170 Å². The number of hydrogen-bond acceptors (Lipinski definition) is 4. The maximum absolute atomic E-state index is 13.2. The van der Waals surface area contributed by atoms with Crippen LogP contribution >= 0.6 is 7.14 Å². The smallest absolute Gasteiger partial charge is 0.164 e. The van der Waals surface area contributed by atoms with Gasteiger partial charge >= 0.3 is 0 Å². The van der Waals surface area contributed by atoms with Crippen molar-refractivity contribution in [1.82, 2.24) is 15.0 Å². The zero-order chi connectivity index (χ0) is 38.1. The highest BCUT2D eigenvalue weighted by atomic mass is 31.2. The normalized spacial score (nSPS) is 14.1. The predicted octanol–water partition coefficient (Wildman–Crippen LogP) is 12.9. The Kier molecular flexibility index (Phi) is 9.53. The standard InChI is InChI=1S/C51H44N3OP/c1-56(2,55)47-32-31-44(45-21-10-11-22-46(45)47)37-23-27-42(28-24-37)51(33-12-5-13-34-51)43-29-25-39(26-30-43)49-52-48(38-17-8-4-9-18-38)53-50(54-49)41-20-14-19-40(35-41)36-15-6-3-7-16-36/h3-4,6-11,14-32,35H,5,12-13,33-34H2,1-2H3. The van der Waals surface area contributed by atoms with Crippen molar-refractivity contribution in [2.24, 2.45) is 0 Å². The Hall–Kier alpha value is -5.96. The molecule has 0 radical (unpaired) electrons. The van der Waals surface area contributed by atoms with Crippen LogP contribution in [0.4, 0.5) is 0 Å². The van der Waals surface area contributed by atoms with Crippen LogP contribution in [0, 0.1) is 0 Å². The SMILES string of the molecule is CP(C)(=O)c1ccc(-c2ccc(C3(c4ccc(-c5nc(-c6ccccc6)nc(-c6cccc(-c7ccccc7)c6)n5)cc4)CCCCC3)cc2)c2ccccc12. The maximum atomic E-state index is 13.2. The molecule has 5 heteroatoms. The molecule has 0 amide bonds. The molecule has 8 aromatic rings. The zero-order valence-electron chi connectivity index (χ0n) is 31.9. The van der Waals surface area contributed by atoms with Gasteiger partial charge in [0.15, 0.2) is 17.5 Å². The van der Waals surface area contributed by atoms with Gasteiger partial charge in [-0.3, -0.25) is 0 Å². The summed E-state index contributed by atoms with van der Waals surface area (Å²) in [6.07, 6.45) is 5.87. The molecule has 274 valence electrons. The Morgan fingerprint density at radius 3 is 1.52 bits per heavy atom. The van der Waals surface area contributed by atoms with Crippen molar-refractivity contribution in [3.05, 3.63) is 181 Å². The van der Waals surface area contributed by atoms with Gasteiger partial charge in [-0.25, -0.2) is 15.0 Å². The summed E-state index contributed by atoms with van der Waals surface area (Å²) in [5.41, 5.74) is 10.1. The average molecular weight is 746 g/mol. The van der Waals surface area contributed by atoms with Crippen molar-refractivity contribution in [2.45, 2.75) is 37.5 Å². The lowest BCUT2D eigenvalue weighted by Gasteiger charge is -2.39. The Morgan fingerprint density at radius 2 is 0.911 bits per heavy atom. The minimum atomic E-state index is -2.43. The fraction of sp³-hybridized carbons (Fsp3) is 0.157. The van der Waals surface area contributed by atoms with E-state index in [9.17, 15) is 4.57 Å².